The van der Waals surface area contributed by atoms with Crippen LogP contribution in [0, 0.1) is 11.3 Å². The van der Waals surface area contributed by atoms with Gasteiger partial charge in [-0.05, 0) is 12.1 Å². The van der Waals surface area contributed by atoms with Crippen LogP contribution >= 0.6 is 11.6 Å². The van der Waals surface area contributed by atoms with Crippen LogP contribution in [0.15, 0.2) is 12.1 Å². The summed E-state index contributed by atoms with van der Waals surface area (Å²) in [6, 6.07) is 4.53. The van der Waals surface area contributed by atoms with Gasteiger partial charge in [-0.25, -0.2) is 4.98 Å². The normalized spacial score (nSPS) is 9.93. The van der Waals surface area contributed by atoms with E-state index >= 15 is 0 Å². The van der Waals surface area contributed by atoms with Crippen molar-refractivity contribution in [3.8, 4) is 11.8 Å². The van der Waals surface area contributed by atoms with Gasteiger partial charge in [0.15, 0.2) is 10.9 Å². The molecule has 0 fully saturated rings. The van der Waals surface area contributed by atoms with Crippen LogP contribution in [0.2, 0.25) is 5.15 Å². The van der Waals surface area contributed by atoms with E-state index in [2.05, 4.69) is 9.72 Å². The number of alkyl halides is 2. The van der Waals surface area contributed by atoms with Crippen LogP contribution in [-0.2, 0) is 6.42 Å². The molecule has 14 heavy (non-hydrogen) atoms. The van der Waals surface area contributed by atoms with E-state index in [1.807, 2.05) is 6.07 Å². The first-order valence-corrected chi connectivity index (χ1v) is 3.98. The lowest BCUT2D eigenvalue weighted by atomic mass is 10.3. The third-order valence-corrected chi connectivity index (χ3v) is 1.62. The first kappa shape index (κ1) is 10.7. The molecule has 1 rings (SSSR count). The summed E-state index contributed by atoms with van der Waals surface area (Å²) in [6.45, 7) is -2.93. The average molecular weight is 219 g/mol. The smallest absolute Gasteiger partial charge is 0.387 e. The maximum Gasteiger partial charge on any atom is 0.387 e. The second-order valence-corrected chi connectivity index (χ2v) is 2.66. The number of ether oxygens (including phenoxy) is 1. The summed E-state index contributed by atoms with van der Waals surface area (Å²) in [5, 5.41) is 8.17. The minimum atomic E-state index is -2.93. The van der Waals surface area contributed by atoms with Gasteiger partial charge >= 0.3 is 6.61 Å². The Bertz CT molecular complexity index is 365. The van der Waals surface area contributed by atoms with Crippen molar-refractivity contribution in [3.63, 3.8) is 0 Å². The zero-order valence-corrected chi connectivity index (χ0v) is 7.63. The zero-order chi connectivity index (χ0) is 10.6. The number of aromatic nitrogens is 1. The quantitative estimate of drug-likeness (QED) is 0.732. The fraction of sp³-hybridized carbons (Fsp3) is 0.250. The summed E-state index contributed by atoms with van der Waals surface area (Å²) in [5.41, 5.74) is 0.416. The summed E-state index contributed by atoms with van der Waals surface area (Å²) in [5.74, 6) is -0.191. The van der Waals surface area contributed by atoms with Gasteiger partial charge in [0.2, 0.25) is 0 Å². The van der Waals surface area contributed by atoms with Gasteiger partial charge in [0, 0.05) is 0 Å². The molecule has 0 radical (unpaired) electrons. The fourth-order valence-electron chi connectivity index (χ4n) is 0.822. The Kier molecular flexibility index (Phi) is 3.60. The Balaban J connectivity index is 2.85. The van der Waals surface area contributed by atoms with Crippen molar-refractivity contribution < 1.29 is 13.5 Å². The molecule has 0 saturated carbocycles. The number of nitrogens with zero attached hydrogens (tertiary/aromatic N) is 2. The minimum absolute atomic E-state index is 0.0781. The molecule has 74 valence electrons. The molecule has 6 heteroatoms. The molecular weight excluding hydrogens is 214 g/mol. The van der Waals surface area contributed by atoms with Crippen molar-refractivity contribution in [2.24, 2.45) is 0 Å². The van der Waals surface area contributed by atoms with Crippen molar-refractivity contribution >= 4 is 11.6 Å². The van der Waals surface area contributed by atoms with Crippen LogP contribution in [0.5, 0.6) is 5.75 Å². The third-order valence-electron chi connectivity index (χ3n) is 1.35. The van der Waals surface area contributed by atoms with Gasteiger partial charge in [0.1, 0.15) is 0 Å². The molecule has 1 heterocycles. The summed E-state index contributed by atoms with van der Waals surface area (Å²) in [7, 11) is 0. The molecule has 0 aliphatic heterocycles. The predicted octanol–water partition coefficient (Wildman–Crippen LogP) is 2.40. The number of rotatable bonds is 3. The molecule has 3 nitrogen and oxygen atoms in total. The van der Waals surface area contributed by atoms with E-state index in [9.17, 15) is 8.78 Å². The molecule has 0 N–H and O–H groups in total. The highest BCUT2D eigenvalue weighted by Gasteiger charge is 2.09. The highest BCUT2D eigenvalue weighted by Crippen LogP contribution is 2.23. The molecule has 0 aliphatic rings. The van der Waals surface area contributed by atoms with Crippen molar-refractivity contribution in [1.82, 2.24) is 4.98 Å². The first-order chi connectivity index (χ1) is 6.63. The van der Waals surface area contributed by atoms with E-state index < -0.39 is 6.61 Å². The molecule has 1 aromatic rings. The number of nitriles is 1. The molecule has 0 spiro atoms. The first-order valence-electron chi connectivity index (χ1n) is 3.60. The van der Waals surface area contributed by atoms with Gasteiger partial charge in [-0.15, -0.1) is 0 Å². The highest BCUT2D eigenvalue weighted by atomic mass is 35.5. The summed E-state index contributed by atoms with van der Waals surface area (Å²) >= 11 is 5.53. The van der Waals surface area contributed by atoms with Gasteiger partial charge in [0.05, 0.1) is 18.2 Å². The minimum Gasteiger partial charge on any atom is -0.432 e. The van der Waals surface area contributed by atoms with Crippen LogP contribution in [0.25, 0.3) is 0 Å². The van der Waals surface area contributed by atoms with E-state index in [0.717, 1.165) is 0 Å². The van der Waals surface area contributed by atoms with Gasteiger partial charge < -0.3 is 4.74 Å². The Morgan fingerprint density at radius 3 is 2.79 bits per heavy atom. The molecule has 0 unspecified atom stereocenters. The largest absolute Gasteiger partial charge is 0.432 e. The van der Waals surface area contributed by atoms with Crippen molar-refractivity contribution in [1.29, 1.82) is 5.26 Å². The van der Waals surface area contributed by atoms with Crippen molar-refractivity contribution in [2.75, 3.05) is 0 Å². The fourth-order valence-corrected chi connectivity index (χ4v) is 1.04. The predicted molar refractivity (Wildman–Crippen MR) is 45.2 cm³/mol. The van der Waals surface area contributed by atoms with E-state index in [1.165, 1.54) is 12.1 Å². The topological polar surface area (TPSA) is 45.9 Å². The summed E-state index contributed by atoms with van der Waals surface area (Å²) in [6.07, 6.45) is 0.0781. The number of pyridine rings is 1. The van der Waals surface area contributed by atoms with Crippen LogP contribution in [-0.4, -0.2) is 11.6 Å². The molecular formula is C8H5ClF2N2O. The Hall–Kier alpha value is -1.41. The molecule has 0 saturated heterocycles. The van der Waals surface area contributed by atoms with Gasteiger partial charge in [-0.2, -0.15) is 14.0 Å². The van der Waals surface area contributed by atoms with Crippen LogP contribution in [0.4, 0.5) is 8.78 Å². The maximum absolute atomic E-state index is 11.8. The van der Waals surface area contributed by atoms with Gasteiger partial charge in [-0.3, -0.25) is 0 Å². The molecule has 1 aromatic heterocycles. The SMILES string of the molecule is N#CCc1ccc(OC(F)F)c(Cl)n1. The van der Waals surface area contributed by atoms with E-state index in [1.54, 1.807) is 0 Å². The van der Waals surface area contributed by atoms with Crippen LogP contribution in [0.3, 0.4) is 0 Å². The van der Waals surface area contributed by atoms with Crippen molar-refractivity contribution in [2.45, 2.75) is 13.0 Å². The van der Waals surface area contributed by atoms with E-state index in [0.29, 0.717) is 5.69 Å². The molecule has 0 aliphatic carbocycles. The monoisotopic (exact) mass is 218 g/mol. The van der Waals surface area contributed by atoms with Crippen LogP contribution < -0.4 is 4.74 Å². The van der Waals surface area contributed by atoms with Gasteiger partial charge in [-0.1, -0.05) is 11.6 Å². The standard InChI is InChI=1S/C8H5ClF2N2O/c9-7-6(14-8(10)11)2-1-5(13-7)3-4-12/h1-2,8H,3H2. The molecule has 0 atom stereocenters. The second-order valence-electron chi connectivity index (χ2n) is 2.30. The lowest BCUT2D eigenvalue weighted by Gasteiger charge is -2.05. The summed E-state index contributed by atoms with van der Waals surface area (Å²) in [4.78, 5) is 3.70. The average Bonchev–Trinajstić information content (AvgIpc) is 2.10. The third kappa shape index (κ3) is 2.82. The summed E-state index contributed by atoms with van der Waals surface area (Å²) < 4.78 is 27.6. The molecule has 0 aromatic carbocycles. The van der Waals surface area contributed by atoms with Crippen LogP contribution in [0.1, 0.15) is 5.69 Å². The second kappa shape index (κ2) is 4.72. The van der Waals surface area contributed by atoms with Gasteiger partial charge in [0.25, 0.3) is 0 Å². The number of halogens is 3. The lowest BCUT2D eigenvalue weighted by molar-refractivity contribution is -0.0500. The molecule has 0 bridgehead atoms. The Morgan fingerprint density at radius 2 is 2.29 bits per heavy atom. The van der Waals surface area contributed by atoms with Crippen molar-refractivity contribution in [3.05, 3.63) is 23.0 Å². The highest BCUT2D eigenvalue weighted by molar-refractivity contribution is 6.30. The number of hydrogen-bond acceptors (Lipinski definition) is 3. The zero-order valence-electron chi connectivity index (χ0n) is 6.88. The lowest BCUT2D eigenvalue weighted by Crippen LogP contribution is -2.03. The Labute approximate surface area is 83.9 Å². The van der Waals surface area contributed by atoms with E-state index in [-0.39, 0.29) is 17.3 Å². The molecule has 0 amide bonds. The Morgan fingerprint density at radius 1 is 1.57 bits per heavy atom. The van der Waals surface area contributed by atoms with E-state index in [4.69, 9.17) is 16.9 Å². The maximum atomic E-state index is 11.8. The number of hydrogen-bond donors (Lipinski definition) is 0.